The highest BCUT2D eigenvalue weighted by atomic mass is 16.6. The molecule has 3 aromatic rings. The normalized spacial score (nSPS) is 20.2. The molecule has 5 rings (SSSR count). The molecule has 0 saturated carbocycles. The van der Waals surface area contributed by atoms with Gasteiger partial charge in [0.15, 0.2) is 5.65 Å². The molecule has 200 valence electrons. The molecule has 2 N–H and O–H groups in total. The lowest BCUT2D eigenvalue weighted by atomic mass is 9.98. The minimum atomic E-state index is -0.283. The first-order chi connectivity index (χ1) is 18.4. The van der Waals surface area contributed by atoms with E-state index in [2.05, 4.69) is 34.6 Å². The van der Waals surface area contributed by atoms with Gasteiger partial charge in [0.2, 0.25) is 5.95 Å². The summed E-state index contributed by atoms with van der Waals surface area (Å²) < 4.78 is 6.86. The quantitative estimate of drug-likeness (QED) is 0.511. The van der Waals surface area contributed by atoms with E-state index in [-0.39, 0.29) is 18.0 Å². The van der Waals surface area contributed by atoms with Crippen molar-refractivity contribution >= 4 is 34.9 Å². The number of carbonyl (C=O) groups is 2. The van der Waals surface area contributed by atoms with Crippen LogP contribution in [0.1, 0.15) is 49.0 Å². The zero-order valence-corrected chi connectivity index (χ0v) is 22.2. The van der Waals surface area contributed by atoms with Crippen molar-refractivity contribution < 1.29 is 14.3 Å². The van der Waals surface area contributed by atoms with E-state index in [1.807, 2.05) is 55.6 Å². The van der Waals surface area contributed by atoms with Gasteiger partial charge in [0.05, 0.1) is 6.61 Å². The van der Waals surface area contributed by atoms with Gasteiger partial charge in [0.1, 0.15) is 0 Å². The molecule has 0 bridgehead atoms. The van der Waals surface area contributed by atoms with Gasteiger partial charge >= 0.3 is 6.09 Å². The summed E-state index contributed by atoms with van der Waals surface area (Å²) in [5.41, 5.74) is 4.30. The number of amides is 2. The molecule has 2 aliphatic rings. The number of piperidine rings is 1. The molecule has 38 heavy (non-hydrogen) atoms. The minimum Gasteiger partial charge on any atom is -0.450 e. The average Bonchev–Trinajstić information content (AvgIpc) is 3.34. The summed E-state index contributed by atoms with van der Waals surface area (Å²) in [6.07, 6.45) is 6.28. The number of ether oxygens (including phenoxy) is 1. The summed E-state index contributed by atoms with van der Waals surface area (Å²) in [5, 5.41) is 11.0. The fourth-order valence-electron chi connectivity index (χ4n) is 5.03. The number of aromatic nitrogens is 3. The topological polar surface area (TPSA) is 104 Å². The molecule has 4 heterocycles. The van der Waals surface area contributed by atoms with Crippen LogP contribution in [0, 0.1) is 0 Å². The Kier molecular flexibility index (Phi) is 7.59. The van der Waals surface area contributed by atoms with E-state index in [1.165, 1.54) is 0 Å². The second-order valence-electron chi connectivity index (χ2n) is 9.98. The first kappa shape index (κ1) is 25.7. The Hall–Kier alpha value is -3.92. The summed E-state index contributed by atoms with van der Waals surface area (Å²) in [5.74, 6) is 0.426. The molecule has 0 aliphatic carbocycles. The first-order valence-electron chi connectivity index (χ1n) is 13.3. The minimum absolute atomic E-state index is 0.0453. The lowest BCUT2D eigenvalue weighted by Gasteiger charge is -2.35. The van der Waals surface area contributed by atoms with Crippen LogP contribution in [0.5, 0.6) is 0 Å². The lowest BCUT2D eigenvalue weighted by molar-refractivity contribution is 0.0896. The van der Waals surface area contributed by atoms with E-state index < -0.39 is 0 Å². The number of likely N-dealkylation sites (tertiary alicyclic amines) is 1. The third kappa shape index (κ3) is 5.65. The summed E-state index contributed by atoms with van der Waals surface area (Å²) in [6.45, 7) is 6.47. The van der Waals surface area contributed by atoms with Gasteiger partial charge in [-0.25, -0.2) is 9.31 Å². The van der Waals surface area contributed by atoms with Crippen molar-refractivity contribution in [2.45, 2.75) is 45.2 Å². The summed E-state index contributed by atoms with van der Waals surface area (Å²) in [6, 6.07) is 12.0. The molecule has 0 spiro atoms. The fraction of sp³-hybridized carbons (Fsp3) is 0.429. The lowest BCUT2D eigenvalue weighted by Crippen LogP contribution is -2.47. The second kappa shape index (κ2) is 11.2. The molecule has 2 aromatic heterocycles. The molecular formula is C28H35N7O3. The molecule has 2 amide bonds. The zero-order valence-electron chi connectivity index (χ0n) is 22.2. The van der Waals surface area contributed by atoms with Crippen molar-refractivity contribution in [3.8, 4) is 0 Å². The third-order valence-electron chi connectivity index (χ3n) is 7.39. The second-order valence-corrected chi connectivity index (χ2v) is 9.98. The Labute approximate surface area is 222 Å². The van der Waals surface area contributed by atoms with E-state index in [9.17, 15) is 9.59 Å². The highest BCUT2D eigenvalue weighted by molar-refractivity contribution is 5.94. The molecule has 1 saturated heterocycles. The maximum Gasteiger partial charge on any atom is 0.410 e. The van der Waals surface area contributed by atoms with Crippen LogP contribution in [0.3, 0.4) is 0 Å². The number of hydrogen-bond acceptors (Lipinski definition) is 7. The molecule has 2 atom stereocenters. The predicted octanol–water partition coefficient (Wildman–Crippen LogP) is 3.93. The van der Waals surface area contributed by atoms with Crippen molar-refractivity contribution in [3.05, 3.63) is 59.8 Å². The van der Waals surface area contributed by atoms with Gasteiger partial charge in [0.25, 0.3) is 5.91 Å². The molecule has 1 fully saturated rings. The average molecular weight is 518 g/mol. The SMILES string of the molecule is CCOC(=O)N1CC=C(c2cccn3nc(Nc4ccc(C(=O)NC5CCN(C)C(C)C5)cc4)nc23)CC1. The number of nitrogens with zero attached hydrogens (tertiary/aromatic N) is 5. The standard InChI is InChI=1S/C28H35N7O3/c1-4-38-28(37)34-16-11-20(12-17-34)24-6-5-14-35-25(24)31-27(32-35)30-22-9-7-21(8-10-22)26(36)29-23-13-15-33(3)19(2)18-23/h5-11,14,19,23H,4,12-13,15-18H2,1-3H3,(H,29,36)(H,30,32). The van der Waals surface area contributed by atoms with Crippen LogP contribution in [0.15, 0.2) is 48.7 Å². The smallest absolute Gasteiger partial charge is 0.410 e. The van der Waals surface area contributed by atoms with E-state index in [0.29, 0.717) is 43.7 Å². The molecule has 2 aliphatic heterocycles. The van der Waals surface area contributed by atoms with Crippen LogP contribution in [0.2, 0.25) is 0 Å². The Morgan fingerprint density at radius 2 is 1.97 bits per heavy atom. The van der Waals surface area contributed by atoms with Crippen LogP contribution in [-0.4, -0.2) is 81.8 Å². The van der Waals surface area contributed by atoms with E-state index >= 15 is 0 Å². The van der Waals surface area contributed by atoms with Crippen LogP contribution >= 0.6 is 0 Å². The van der Waals surface area contributed by atoms with Gasteiger partial charge in [-0.3, -0.25) is 4.79 Å². The van der Waals surface area contributed by atoms with Crippen LogP contribution in [0.4, 0.5) is 16.4 Å². The van der Waals surface area contributed by atoms with Crippen molar-refractivity contribution in [1.29, 1.82) is 0 Å². The Bertz CT molecular complexity index is 1330. The number of pyridine rings is 1. The monoisotopic (exact) mass is 517 g/mol. The largest absolute Gasteiger partial charge is 0.450 e. The Morgan fingerprint density at radius 3 is 2.68 bits per heavy atom. The highest BCUT2D eigenvalue weighted by Crippen LogP contribution is 2.27. The van der Waals surface area contributed by atoms with E-state index in [0.717, 1.165) is 41.9 Å². The summed E-state index contributed by atoms with van der Waals surface area (Å²) in [7, 11) is 2.13. The number of benzene rings is 1. The number of fused-ring (bicyclic) bond motifs is 1. The van der Waals surface area contributed by atoms with Crippen LogP contribution in [0.25, 0.3) is 11.2 Å². The molecule has 10 nitrogen and oxygen atoms in total. The summed E-state index contributed by atoms with van der Waals surface area (Å²) in [4.78, 5) is 33.5. The Morgan fingerprint density at radius 1 is 1.16 bits per heavy atom. The molecule has 2 unspecified atom stereocenters. The van der Waals surface area contributed by atoms with Gasteiger partial charge in [-0.2, -0.15) is 4.98 Å². The molecule has 10 heteroatoms. The van der Waals surface area contributed by atoms with Gasteiger partial charge in [0, 0.05) is 54.7 Å². The number of anilines is 2. The Balaban J connectivity index is 1.24. The predicted molar refractivity (Wildman–Crippen MR) is 146 cm³/mol. The molecule has 0 radical (unpaired) electrons. The van der Waals surface area contributed by atoms with Gasteiger partial charge in [-0.15, -0.1) is 5.10 Å². The van der Waals surface area contributed by atoms with E-state index in [4.69, 9.17) is 9.72 Å². The van der Waals surface area contributed by atoms with Crippen LogP contribution < -0.4 is 10.6 Å². The number of nitrogens with one attached hydrogen (secondary N) is 2. The van der Waals surface area contributed by atoms with Crippen molar-refractivity contribution in [2.75, 3.05) is 38.6 Å². The zero-order chi connectivity index (χ0) is 26.6. The maximum absolute atomic E-state index is 12.8. The molecule has 1 aromatic carbocycles. The maximum atomic E-state index is 12.8. The van der Waals surface area contributed by atoms with Gasteiger partial charge in [-0.1, -0.05) is 6.08 Å². The fourth-order valence-corrected chi connectivity index (χ4v) is 5.03. The van der Waals surface area contributed by atoms with Gasteiger partial charge in [-0.05, 0) is 82.1 Å². The first-order valence-corrected chi connectivity index (χ1v) is 13.3. The molecular weight excluding hydrogens is 482 g/mol. The van der Waals surface area contributed by atoms with E-state index in [1.54, 1.807) is 9.42 Å². The van der Waals surface area contributed by atoms with Crippen molar-refractivity contribution in [1.82, 2.24) is 29.7 Å². The van der Waals surface area contributed by atoms with Crippen LogP contribution in [-0.2, 0) is 4.74 Å². The number of hydrogen-bond donors (Lipinski definition) is 2. The van der Waals surface area contributed by atoms with Crippen molar-refractivity contribution in [3.63, 3.8) is 0 Å². The number of carbonyl (C=O) groups excluding carboxylic acids is 2. The number of rotatable bonds is 6. The summed E-state index contributed by atoms with van der Waals surface area (Å²) >= 11 is 0. The third-order valence-corrected chi connectivity index (χ3v) is 7.39. The van der Waals surface area contributed by atoms with Gasteiger partial charge < -0.3 is 25.2 Å². The highest BCUT2D eigenvalue weighted by Gasteiger charge is 2.24. The van der Waals surface area contributed by atoms with Crippen molar-refractivity contribution in [2.24, 2.45) is 0 Å².